The molecule has 1 saturated heterocycles. The Labute approximate surface area is 108 Å². The normalized spacial score (nSPS) is 20.3. The van der Waals surface area contributed by atoms with Crippen LogP contribution in [0.5, 0.6) is 6.08 Å². The first-order valence-corrected chi connectivity index (χ1v) is 6.47. The van der Waals surface area contributed by atoms with Gasteiger partial charge in [-0.3, -0.25) is 0 Å². The molecule has 0 amide bonds. The molecule has 0 bridgehead atoms. The third-order valence-electron chi connectivity index (χ3n) is 2.75. The zero-order valence-electron chi connectivity index (χ0n) is 11.4. The molecular formula is C13H22N2O3. The molecule has 1 unspecified atom stereocenters. The van der Waals surface area contributed by atoms with Gasteiger partial charge in [-0.1, -0.05) is 0 Å². The zero-order valence-corrected chi connectivity index (χ0v) is 11.4. The SMILES string of the molecule is CC(C)(C)NCc1coc(OCC2CCCO2)n1. The molecule has 1 aliphatic rings. The lowest BCUT2D eigenvalue weighted by Gasteiger charge is -2.19. The number of nitrogens with zero attached hydrogens (tertiary/aromatic N) is 1. The molecule has 18 heavy (non-hydrogen) atoms. The summed E-state index contributed by atoms with van der Waals surface area (Å²) in [5.74, 6) is 0. The van der Waals surface area contributed by atoms with Crippen molar-refractivity contribution in [3.8, 4) is 6.08 Å². The van der Waals surface area contributed by atoms with Crippen LogP contribution in [0.2, 0.25) is 0 Å². The van der Waals surface area contributed by atoms with Gasteiger partial charge in [0.15, 0.2) is 0 Å². The third-order valence-corrected chi connectivity index (χ3v) is 2.75. The van der Waals surface area contributed by atoms with Crippen molar-refractivity contribution in [3.05, 3.63) is 12.0 Å². The molecule has 1 aliphatic heterocycles. The maximum atomic E-state index is 5.47. The molecule has 0 aliphatic carbocycles. The van der Waals surface area contributed by atoms with Gasteiger partial charge in [0.25, 0.3) is 0 Å². The molecule has 0 spiro atoms. The Morgan fingerprint density at radius 1 is 1.50 bits per heavy atom. The summed E-state index contributed by atoms with van der Waals surface area (Å²) in [5.41, 5.74) is 0.921. The van der Waals surface area contributed by atoms with E-state index >= 15 is 0 Å². The average Bonchev–Trinajstić information content (AvgIpc) is 2.94. The van der Waals surface area contributed by atoms with E-state index in [4.69, 9.17) is 13.9 Å². The van der Waals surface area contributed by atoms with Crippen molar-refractivity contribution < 1.29 is 13.9 Å². The van der Waals surface area contributed by atoms with Crippen LogP contribution in [0.15, 0.2) is 10.7 Å². The lowest BCUT2D eigenvalue weighted by atomic mass is 10.1. The van der Waals surface area contributed by atoms with Gasteiger partial charge in [-0.25, -0.2) is 0 Å². The Hall–Kier alpha value is -1.07. The van der Waals surface area contributed by atoms with Crippen LogP contribution in [0.4, 0.5) is 0 Å². The summed E-state index contributed by atoms with van der Waals surface area (Å²) < 4.78 is 16.2. The molecule has 1 fully saturated rings. The fourth-order valence-electron chi connectivity index (χ4n) is 1.73. The van der Waals surface area contributed by atoms with Crippen LogP contribution in [0.1, 0.15) is 39.3 Å². The van der Waals surface area contributed by atoms with Crippen molar-refractivity contribution >= 4 is 0 Å². The van der Waals surface area contributed by atoms with Crippen LogP contribution in [0, 0.1) is 0 Å². The summed E-state index contributed by atoms with van der Waals surface area (Å²) in [7, 11) is 0. The van der Waals surface area contributed by atoms with E-state index in [2.05, 4.69) is 31.1 Å². The van der Waals surface area contributed by atoms with E-state index in [0.717, 1.165) is 25.1 Å². The Balaban J connectivity index is 1.75. The van der Waals surface area contributed by atoms with E-state index in [1.54, 1.807) is 6.26 Å². The van der Waals surface area contributed by atoms with Crippen LogP contribution in [0.25, 0.3) is 0 Å². The lowest BCUT2D eigenvalue weighted by Crippen LogP contribution is -2.35. The molecule has 0 aromatic carbocycles. The first-order chi connectivity index (χ1) is 8.53. The first kappa shape index (κ1) is 13.4. The average molecular weight is 254 g/mol. The predicted octanol–water partition coefficient (Wildman–Crippen LogP) is 2.12. The first-order valence-electron chi connectivity index (χ1n) is 6.47. The molecule has 2 heterocycles. The second-order valence-electron chi connectivity index (χ2n) is 5.65. The standard InChI is InChI=1S/C13H22N2O3/c1-13(2,3)14-7-10-8-17-12(15-10)18-9-11-5-4-6-16-11/h8,11,14H,4-7,9H2,1-3H3. The highest BCUT2D eigenvalue weighted by Gasteiger charge is 2.17. The Bertz CT molecular complexity index is 365. The van der Waals surface area contributed by atoms with Crippen LogP contribution in [0.3, 0.4) is 0 Å². The summed E-state index contributed by atoms with van der Waals surface area (Å²) >= 11 is 0. The Kier molecular flexibility index (Phi) is 4.24. The highest BCUT2D eigenvalue weighted by molar-refractivity contribution is 5.00. The van der Waals surface area contributed by atoms with E-state index < -0.39 is 0 Å². The third kappa shape index (κ3) is 4.31. The molecule has 2 rings (SSSR count). The fourth-order valence-corrected chi connectivity index (χ4v) is 1.73. The van der Waals surface area contributed by atoms with Gasteiger partial charge in [0, 0.05) is 18.7 Å². The van der Waals surface area contributed by atoms with Crippen LogP contribution in [-0.2, 0) is 11.3 Å². The van der Waals surface area contributed by atoms with Crippen LogP contribution in [-0.4, -0.2) is 29.8 Å². The zero-order chi connectivity index (χ0) is 13.0. The molecule has 1 N–H and O–H groups in total. The van der Waals surface area contributed by atoms with Crippen LogP contribution >= 0.6 is 0 Å². The lowest BCUT2D eigenvalue weighted by molar-refractivity contribution is 0.0565. The van der Waals surface area contributed by atoms with Gasteiger partial charge in [-0.2, -0.15) is 4.98 Å². The van der Waals surface area contributed by atoms with Gasteiger partial charge in [0.2, 0.25) is 0 Å². The van der Waals surface area contributed by atoms with E-state index in [-0.39, 0.29) is 11.6 Å². The van der Waals surface area contributed by atoms with Gasteiger partial charge in [-0.05, 0) is 33.6 Å². The van der Waals surface area contributed by atoms with Crippen molar-refractivity contribution in [2.75, 3.05) is 13.2 Å². The summed E-state index contributed by atoms with van der Waals surface area (Å²) in [4.78, 5) is 4.27. The second-order valence-corrected chi connectivity index (χ2v) is 5.65. The summed E-state index contributed by atoms with van der Waals surface area (Å²) in [6.45, 7) is 8.37. The Morgan fingerprint density at radius 2 is 2.33 bits per heavy atom. The van der Waals surface area contributed by atoms with Gasteiger partial charge >= 0.3 is 6.08 Å². The molecule has 1 atom stereocenters. The highest BCUT2D eigenvalue weighted by atomic mass is 16.6. The van der Waals surface area contributed by atoms with Crippen molar-refractivity contribution in [3.63, 3.8) is 0 Å². The number of oxazole rings is 1. The number of hydrogen-bond acceptors (Lipinski definition) is 5. The molecule has 1 aromatic heterocycles. The summed E-state index contributed by atoms with van der Waals surface area (Å²) in [6, 6.07) is 0. The largest absolute Gasteiger partial charge is 0.447 e. The maximum Gasteiger partial charge on any atom is 0.393 e. The second kappa shape index (κ2) is 5.71. The minimum Gasteiger partial charge on any atom is -0.447 e. The minimum absolute atomic E-state index is 0.0671. The number of hydrogen-bond donors (Lipinski definition) is 1. The van der Waals surface area contributed by atoms with E-state index in [0.29, 0.717) is 19.2 Å². The maximum absolute atomic E-state index is 5.47. The number of ether oxygens (including phenoxy) is 2. The Morgan fingerprint density at radius 3 is 3.00 bits per heavy atom. The molecule has 102 valence electrons. The van der Waals surface area contributed by atoms with E-state index in [9.17, 15) is 0 Å². The van der Waals surface area contributed by atoms with Gasteiger partial charge in [0.05, 0.1) is 11.8 Å². The smallest absolute Gasteiger partial charge is 0.393 e. The molecule has 5 heteroatoms. The minimum atomic E-state index is 0.0671. The van der Waals surface area contributed by atoms with Crippen LogP contribution < -0.4 is 10.1 Å². The summed E-state index contributed by atoms with van der Waals surface area (Å²) in [6.07, 6.45) is 4.31. The van der Waals surface area contributed by atoms with Crippen molar-refractivity contribution in [2.45, 2.75) is 51.8 Å². The van der Waals surface area contributed by atoms with Crippen molar-refractivity contribution in [1.82, 2.24) is 10.3 Å². The quantitative estimate of drug-likeness (QED) is 0.872. The molecule has 1 aromatic rings. The monoisotopic (exact) mass is 254 g/mol. The number of rotatable bonds is 5. The molecule has 0 saturated carbocycles. The van der Waals surface area contributed by atoms with E-state index in [1.165, 1.54) is 0 Å². The molecule has 0 radical (unpaired) electrons. The number of nitrogens with one attached hydrogen (secondary N) is 1. The fraction of sp³-hybridized carbons (Fsp3) is 0.769. The van der Waals surface area contributed by atoms with Crippen molar-refractivity contribution in [1.29, 1.82) is 0 Å². The molecule has 5 nitrogen and oxygen atoms in total. The van der Waals surface area contributed by atoms with E-state index in [1.807, 2.05) is 0 Å². The molecular weight excluding hydrogens is 232 g/mol. The summed E-state index contributed by atoms with van der Waals surface area (Å²) in [5, 5.41) is 3.35. The topological polar surface area (TPSA) is 56.5 Å². The number of aromatic nitrogens is 1. The van der Waals surface area contributed by atoms with Gasteiger partial charge in [-0.15, -0.1) is 0 Å². The highest BCUT2D eigenvalue weighted by Crippen LogP contribution is 2.15. The van der Waals surface area contributed by atoms with Gasteiger partial charge in [0.1, 0.15) is 12.9 Å². The van der Waals surface area contributed by atoms with Gasteiger partial charge < -0.3 is 19.2 Å². The predicted molar refractivity (Wildman–Crippen MR) is 67.6 cm³/mol. The van der Waals surface area contributed by atoms with Crippen molar-refractivity contribution in [2.24, 2.45) is 0 Å².